The molecular weight excluding hydrogens is 440 g/mol. The van der Waals surface area contributed by atoms with Gasteiger partial charge in [0.05, 0.1) is 7.11 Å². The highest BCUT2D eigenvalue weighted by molar-refractivity contribution is 5.98. The lowest BCUT2D eigenvalue weighted by Crippen LogP contribution is -2.46. The molecule has 3 rings (SSSR count). The fourth-order valence-corrected chi connectivity index (χ4v) is 3.97. The van der Waals surface area contributed by atoms with Gasteiger partial charge in [-0.3, -0.25) is 9.59 Å². The standard InChI is InChI=1S/C24H26F4N2O3/c1-23(2,3)18-8-5-15(12-19(18)25)29-22(32)21-17-7-6-16(33-4)11-14(17)9-10-30(21)20(31)13-24(26,27)28/h5-8,11-12,21H,9-10,13H2,1-4H3,(H,29,32). The average Bonchev–Trinajstić information content (AvgIpc) is 2.70. The van der Waals surface area contributed by atoms with Gasteiger partial charge in [0.2, 0.25) is 5.91 Å². The summed E-state index contributed by atoms with van der Waals surface area (Å²) in [4.78, 5) is 26.6. The van der Waals surface area contributed by atoms with E-state index in [4.69, 9.17) is 4.74 Å². The minimum Gasteiger partial charge on any atom is -0.497 e. The maximum Gasteiger partial charge on any atom is 0.397 e. The van der Waals surface area contributed by atoms with E-state index in [1.807, 2.05) is 20.8 Å². The summed E-state index contributed by atoms with van der Waals surface area (Å²) in [5.41, 5.74) is 1.25. The van der Waals surface area contributed by atoms with Gasteiger partial charge in [-0.05, 0) is 52.8 Å². The number of carbonyl (C=O) groups is 2. The number of nitrogens with zero attached hydrogens (tertiary/aromatic N) is 1. The van der Waals surface area contributed by atoms with Crippen LogP contribution in [-0.4, -0.2) is 36.5 Å². The van der Waals surface area contributed by atoms with Crippen LogP contribution in [0, 0.1) is 5.82 Å². The molecule has 9 heteroatoms. The van der Waals surface area contributed by atoms with Crippen molar-refractivity contribution in [2.24, 2.45) is 0 Å². The van der Waals surface area contributed by atoms with Crippen molar-refractivity contribution in [3.63, 3.8) is 0 Å². The maximum absolute atomic E-state index is 14.6. The lowest BCUT2D eigenvalue weighted by Gasteiger charge is -2.36. The quantitative estimate of drug-likeness (QED) is 0.635. The average molecular weight is 466 g/mol. The van der Waals surface area contributed by atoms with Crippen LogP contribution in [0.15, 0.2) is 36.4 Å². The van der Waals surface area contributed by atoms with Crippen LogP contribution in [0.2, 0.25) is 0 Å². The number of hydrogen-bond donors (Lipinski definition) is 1. The van der Waals surface area contributed by atoms with E-state index < -0.39 is 41.7 Å². The molecule has 0 bridgehead atoms. The molecule has 0 radical (unpaired) electrons. The van der Waals surface area contributed by atoms with Crippen molar-refractivity contribution in [3.8, 4) is 5.75 Å². The fourth-order valence-electron chi connectivity index (χ4n) is 3.97. The summed E-state index contributed by atoms with van der Waals surface area (Å²) in [5, 5.41) is 2.56. The van der Waals surface area contributed by atoms with Crippen LogP contribution >= 0.6 is 0 Å². The first kappa shape index (κ1) is 24.5. The molecule has 1 atom stereocenters. The van der Waals surface area contributed by atoms with Gasteiger partial charge < -0.3 is 15.0 Å². The van der Waals surface area contributed by atoms with Crippen LogP contribution in [-0.2, 0) is 21.4 Å². The Morgan fingerprint density at radius 2 is 1.82 bits per heavy atom. The predicted octanol–water partition coefficient (Wildman–Crippen LogP) is 5.15. The third kappa shape index (κ3) is 5.64. The Hall–Kier alpha value is -3.10. The Bertz CT molecular complexity index is 1060. The van der Waals surface area contributed by atoms with E-state index in [0.717, 1.165) is 11.0 Å². The third-order valence-electron chi connectivity index (χ3n) is 5.54. The molecule has 0 fully saturated rings. The molecule has 5 nitrogen and oxygen atoms in total. The Morgan fingerprint density at radius 1 is 1.12 bits per heavy atom. The molecule has 2 amide bonds. The van der Waals surface area contributed by atoms with E-state index in [-0.39, 0.29) is 18.7 Å². The summed E-state index contributed by atoms with van der Waals surface area (Å²) in [6.45, 7) is 5.48. The zero-order valence-electron chi connectivity index (χ0n) is 18.8. The Morgan fingerprint density at radius 3 is 2.39 bits per heavy atom. The number of fused-ring (bicyclic) bond motifs is 1. The predicted molar refractivity (Wildman–Crippen MR) is 116 cm³/mol. The summed E-state index contributed by atoms with van der Waals surface area (Å²) in [6, 6.07) is 7.79. The van der Waals surface area contributed by atoms with Crippen molar-refractivity contribution in [1.29, 1.82) is 0 Å². The number of hydrogen-bond acceptors (Lipinski definition) is 3. The zero-order valence-corrected chi connectivity index (χ0v) is 18.8. The lowest BCUT2D eigenvalue weighted by atomic mass is 9.86. The van der Waals surface area contributed by atoms with Gasteiger partial charge >= 0.3 is 6.18 Å². The van der Waals surface area contributed by atoms with Crippen LogP contribution in [0.4, 0.5) is 23.2 Å². The number of rotatable bonds is 4. The molecule has 0 aromatic heterocycles. The maximum atomic E-state index is 14.6. The minimum atomic E-state index is -4.70. The van der Waals surface area contributed by atoms with E-state index in [2.05, 4.69) is 5.32 Å². The van der Waals surface area contributed by atoms with Gasteiger partial charge in [-0.25, -0.2) is 4.39 Å². The largest absolute Gasteiger partial charge is 0.497 e. The summed E-state index contributed by atoms with van der Waals surface area (Å²) in [6.07, 6.45) is -6.10. The minimum absolute atomic E-state index is 0.0650. The van der Waals surface area contributed by atoms with Crippen LogP contribution in [0.1, 0.15) is 49.9 Å². The van der Waals surface area contributed by atoms with Crippen LogP contribution in [0.3, 0.4) is 0 Å². The normalized spacial score (nSPS) is 16.2. The molecule has 0 spiro atoms. The third-order valence-corrected chi connectivity index (χ3v) is 5.54. The van der Waals surface area contributed by atoms with Crippen LogP contribution in [0.5, 0.6) is 5.75 Å². The number of anilines is 1. The summed E-state index contributed by atoms with van der Waals surface area (Å²) in [5.74, 6) is -1.90. The van der Waals surface area contributed by atoms with Crippen molar-refractivity contribution in [1.82, 2.24) is 4.90 Å². The van der Waals surface area contributed by atoms with Gasteiger partial charge in [0, 0.05) is 12.2 Å². The molecule has 1 heterocycles. The molecule has 0 saturated heterocycles. The Labute approximate surface area is 189 Å². The topological polar surface area (TPSA) is 58.6 Å². The Balaban J connectivity index is 1.95. The highest BCUT2D eigenvalue weighted by atomic mass is 19.4. The second-order valence-electron chi connectivity index (χ2n) is 9.03. The van der Waals surface area contributed by atoms with Gasteiger partial charge in [-0.2, -0.15) is 13.2 Å². The number of nitrogens with one attached hydrogen (secondary N) is 1. The van der Waals surface area contributed by atoms with E-state index in [1.54, 1.807) is 24.3 Å². The lowest BCUT2D eigenvalue weighted by molar-refractivity contribution is -0.164. The van der Waals surface area contributed by atoms with Crippen molar-refractivity contribution >= 4 is 17.5 Å². The van der Waals surface area contributed by atoms with Gasteiger partial charge in [-0.15, -0.1) is 0 Å². The molecule has 2 aromatic carbocycles. The highest BCUT2D eigenvalue weighted by Crippen LogP contribution is 2.35. The zero-order chi connectivity index (χ0) is 24.6. The van der Waals surface area contributed by atoms with Gasteiger partial charge in [0.15, 0.2) is 0 Å². The van der Waals surface area contributed by atoms with Crippen LogP contribution in [0.25, 0.3) is 0 Å². The monoisotopic (exact) mass is 466 g/mol. The molecule has 0 saturated carbocycles. The van der Waals surface area contributed by atoms with Crippen molar-refractivity contribution < 1.29 is 31.9 Å². The van der Waals surface area contributed by atoms with Gasteiger partial charge in [0.25, 0.3) is 5.91 Å². The summed E-state index contributed by atoms with van der Waals surface area (Å²) in [7, 11) is 1.48. The molecule has 1 aliphatic rings. The van der Waals surface area contributed by atoms with Crippen molar-refractivity contribution in [2.45, 2.75) is 51.2 Å². The fraction of sp³-hybridized carbons (Fsp3) is 0.417. The summed E-state index contributed by atoms with van der Waals surface area (Å²) >= 11 is 0. The molecular formula is C24H26F4N2O3. The van der Waals surface area contributed by atoms with Crippen molar-refractivity contribution in [3.05, 3.63) is 58.9 Å². The molecule has 1 N–H and O–H groups in total. The molecule has 2 aromatic rings. The van der Waals surface area contributed by atoms with E-state index in [9.17, 15) is 27.2 Å². The first-order chi connectivity index (χ1) is 15.3. The smallest absolute Gasteiger partial charge is 0.397 e. The van der Waals surface area contributed by atoms with E-state index >= 15 is 0 Å². The van der Waals surface area contributed by atoms with Crippen LogP contribution < -0.4 is 10.1 Å². The first-order valence-corrected chi connectivity index (χ1v) is 10.4. The number of carbonyl (C=O) groups excluding carboxylic acids is 2. The summed E-state index contributed by atoms with van der Waals surface area (Å²) < 4.78 is 58.5. The number of halogens is 4. The number of methoxy groups -OCH3 is 1. The Kier molecular flexibility index (Phi) is 6.72. The first-order valence-electron chi connectivity index (χ1n) is 10.4. The van der Waals surface area contributed by atoms with Gasteiger partial charge in [0.1, 0.15) is 24.0 Å². The molecule has 0 aliphatic carbocycles. The number of ether oxygens (including phenoxy) is 1. The molecule has 1 unspecified atom stereocenters. The van der Waals surface area contributed by atoms with Gasteiger partial charge in [-0.1, -0.05) is 32.9 Å². The molecule has 1 aliphatic heterocycles. The van der Waals surface area contributed by atoms with E-state index in [1.165, 1.54) is 13.2 Å². The molecule has 178 valence electrons. The van der Waals surface area contributed by atoms with Crippen molar-refractivity contribution in [2.75, 3.05) is 19.0 Å². The second-order valence-corrected chi connectivity index (χ2v) is 9.03. The second kappa shape index (κ2) is 9.03. The SMILES string of the molecule is COc1ccc2c(c1)CCN(C(=O)CC(F)(F)F)C2C(=O)Nc1ccc(C(C)(C)C)c(F)c1. The number of benzene rings is 2. The molecule has 33 heavy (non-hydrogen) atoms. The number of amides is 2. The number of alkyl halides is 3. The van der Waals surface area contributed by atoms with E-state index in [0.29, 0.717) is 22.4 Å². The highest BCUT2D eigenvalue weighted by Gasteiger charge is 2.40.